The lowest BCUT2D eigenvalue weighted by Crippen LogP contribution is -2.08. The van der Waals surface area contributed by atoms with Crippen LogP contribution in [0, 0.1) is 0 Å². The van der Waals surface area contributed by atoms with E-state index in [2.05, 4.69) is 15.0 Å². The molecule has 0 aromatic carbocycles. The second-order valence-corrected chi connectivity index (χ2v) is 4.39. The van der Waals surface area contributed by atoms with Crippen LogP contribution in [0.15, 0.2) is 5.16 Å². The molecule has 1 rings (SSSR count). The maximum Gasteiger partial charge on any atom is 0.321 e. The van der Waals surface area contributed by atoms with Crippen molar-refractivity contribution in [2.24, 2.45) is 0 Å². The highest BCUT2D eigenvalue weighted by Crippen LogP contribution is 2.17. The standard InChI is InChI=1S/C10H14ClN3O3S/c1-3-5-17-9-12-8(11)13-10(14-9)18-6-7(15)16-4-2/h3-6H2,1-2H3. The van der Waals surface area contributed by atoms with Crippen LogP contribution in [0.1, 0.15) is 20.3 Å². The Bertz CT molecular complexity index is 406. The molecule has 0 bridgehead atoms. The lowest BCUT2D eigenvalue weighted by molar-refractivity contribution is -0.139. The molecule has 8 heteroatoms. The molecule has 100 valence electrons. The van der Waals surface area contributed by atoms with Gasteiger partial charge in [0.1, 0.15) is 0 Å². The van der Waals surface area contributed by atoms with Crippen LogP contribution in [0.2, 0.25) is 5.28 Å². The summed E-state index contributed by atoms with van der Waals surface area (Å²) in [6, 6.07) is 0.170. The monoisotopic (exact) mass is 291 g/mol. The Kier molecular flexibility index (Phi) is 6.74. The van der Waals surface area contributed by atoms with Crippen LogP contribution in [0.4, 0.5) is 0 Å². The van der Waals surface area contributed by atoms with E-state index in [9.17, 15) is 4.79 Å². The molecule has 0 N–H and O–H groups in total. The Morgan fingerprint density at radius 3 is 2.78 bits per heavy atom. The van der Waals surface area contributed by atoms with Gasteiger partial charge in [-0.25, -0.2) is 0 Å². The largest absolute Gasteiger partial charge is 0.465 e. The summed E-state index contributed by atoms with van der Waals surface area (Å²) in [5.74, 6) is -0.198. The van der Waals surface area contributed by atoms with Gasteiger partial charge in [-0.2, -0.15) is 15.0 Å². The van der Waals surface area contributed by atoms with Crippen molar-refractivity contribution in [2.75, 3.05) is 19.0 Å². The number of thioether (sulfide) groups is 1. The van der Waals surface area contributed by atoms with Crippen LogP contribution in [0.25, 0.3) is 0 Å². The number of carbonyl (C=O) groups excluding carboxylic acids is 1. The summed E-state index contributed by atoms with van der Waals surface area (Å²) in [7, 11) is 0. The Hall–Kier alpha value is -1.08. The molecule has 0 unspecified atom stereocenters. The lowest BCUT2D eigenvalue weighted by atomic mass is 10.5. The fraction of sp³-hybridized carbons (Fsp3) is 0.600. The van der Waals surface area contributed by atoms with Crippen LogP contribution in [0.5, 0.6) is 6.01 Å². The molecule has 0 aliphatic heterocycles. The van der Waals surface area contributed by atoms with E-state index in [4.69, 9.17) is 21.1 Å². The van der Waals surface area contributed by atoms with E-state index in [-0.39, 0.29) is 23.0 Å². The number of halogens is 1. The molecule has 18 heavy (non-hydrogen) atoms. The number of esters is 1. The van der Waals surface area contributed by atoms with E-state index in [1.165, 1.54) is 0 Å². The fourth-order valence-corrected chi connectivity index (χ4v) is 1.79. The predicted octanol–water partition coefficient (Wildman–Crippen LogP) is 1.97. The van der Waals surface area contributed by atoms with Gasteiger partial charge in [-0.15, -0.1) is 0 Å². The van der Waals surface area contributed by atoms with Crippen LogP contribution < -0.4 is 4.74 Å². The second-order valence-electron chi connectivity index (χ2n) is 3.11. The van der Waals surface area contributed by atoms with Gasteiger partial charge in [-0.05, 0) is 24.9 Å². The van der Waals surface area contributed by atoms with Crippen LogP contribution in [0.3, 0.4) is 0 Å². The van der Waals surface area contributed by atoms with Crippen molar-refractivity contribution >= 4 is 29.3 Å². The van der Waals surface area contributed by atoms with Crippen molar-refractivity contribution in [1.82, 2.24) is 15.0 Å². The molecular formula is C10H14ClN3O3S. The lowest BCUT2D eigenvalue weighted by Gasteiger charge is -2.04. The summed E-state index contributed by atoms with van der Waals surface area (Å²) in [6.45, 7) is 4.57. The van der Waals surface area contributed by atoms with Crippen molar-refractivity contribution in [1.29, 1.82) is 0 Å². The van der Waals surface area contributed by atoms with Crippen molar-refractivity contribution < 1.29 is 14.3 Å². The van der Waals surface area contributed by atoms with E-state index in [1.54, 1.807) is 6.92 Å². The van der Waals surface area contributed by atoms with Crippen molar-refractivity contribution in [3.05, 3.63) is 5.28 Å². The average molecular weight is 292 g/mol. The molecule has 0 saturated carbocycles. The molecule has 0 radical (unpaired) electrons. The van der Waals surface area contributed by atoms with Crippen LogP contribution in [-0.2, 0) is 9.53 Å². The fourth-order valence-electron chi connectivity index (χ4n) is 0.963. The van der Waals surface area contributed by atoms with Crippen LogP contribution >= 0.6 is 23.4 Å². The molecule has 0 saturated heterocycles. The third kappa shape index (κ3) is 5.50. The summed E-state index contributed by atoms with van der Waals surface area (Å²) in [5, 5.41) is 0.386. The molecule has 0 amide bonds. The SMILES string of the molecule is CCCOc1nc(Cl)nc(SCC(=O)OCC)n1. The molecule has 1 heterocycles. The Morgan fingerprint density at radius 1 is 1.33 bits per heavy atom. The van der Waals surface area contributed by atoms with Gasteiger partial charge < -0.3 is 9.47 Å². The molecular weight excluding hydrogens is 278 g/mol. The molecule has 0 spiro atoms. The number of rotatable bonds is 7. The highest BCUT2D eigenvalue weighted by atomic mass is 35.5. The first-order valence-electron chi connectivity index (χ1n) is 5.48. The number of aromatic nitrogens is 3. The molecule has 1 aromatic heterocycles. The van der Waals surface area contributed by atoms with E-state index in [0.717, 1.165) is 18.2 Å². The number of carbonyl (C=O) groups is 1. The van der Waals surface area contributed by atoms with E-state index >= 15 is 0 Å². The molecule has 0 aliphatic carbocycles. The third-order valence-electron chi connectivity index (χ3n) is 1.63. The van der Waals surface area contributed by atoms with Crippen LogP contribution in [-0.4, -0.2) is 39.9 Å². The van der Waals surface area contributed by atoms with Crippen molar-refractivity contribution in [2.45, 2.75) is 25.4 Å². The summed E-state index contributed by atoms with van der Waals surface area (Å²) >= 11 is 6.86. The van der Waals surface area contributed by atoms with Gasteiger partial charge >= 0.3 is 12.0 Å². The summed E-state index contributed by atoms with van der Waals surface area (Å²) in [6.07, 6.45) is 0.842. The van der Waals surface area contributed by atoms with Gasteiger partial charge in [-0.1, -0.05) is 18.7 Å². The third-order valence-corrected chi connectivity index (χ3v) is 2.62. The van der Waals surface area contributed by atoms with Gasteiger partial charge in [0, 0.05) is 0 Å². The summed E-state index contributed by atoms with van der Waals surface area (Å²) in [4.78, 5) is 22.9. The number of ether oxygens (including phenoxy) is 2. The minimum absolute atomic E-state index is 0.0439. The Balaban J connectivity index is 2.59. The summed E-state index contributed by atoms with van der Waals surface area (Å²) < 4.78 is 10.0. The highest BCUT2D eigenvalue weighted by molar-refractivity contribution is 7.99. The molecule has 0 fully saturated rings. The Morgan fingerprint density at radius 2 is 2.11 bits per heavy atom. The first kappa shape index (κ1) is 15.0. The maximum atomic E-state index is 11.2. The zero-order chi connectivity index (χ0) is 13.4. The molecule has 6 nitrogen and oxygen atoms in total. The highest BCUT2D eigenvalue weighted by Gasteiger charge is 2.09. The minimum atomic E-state index is -0.324. The van der Waals surface area contributed by atoms with Gasteiger partial charge in [0.25, 0.3) is 0 Å². The van der Waals surface area contributed by atoms with Crippen molar-refractivity contribution in [3.8, 4) is 6.01 Å². The average Bonchev–Trinajstić information content (AvgIpc) is 2.34. The zero-order valence-electron chi connectivity index (χ0n) is 10.2. The van der Waals surface area contributed by atoms with Gasteiger partial charge in [-0.3, -0.25) is 4.79 Å². The number of hydrogen-bond donors (Lipinski definition) is 0. The van der Waals surface area contributed by atoms with Gasteiger partial charge in [0.2, 0.25) is 5.28 Å². The summed E-state index contributed by atoms with van der Waals surface area (Å²) in [5.41, 5.74) is 0. The van der Waals surface area contributed by atoms with Gasteiger partial charge in [0.05, 0.1) is 19.0 Å². The van der Waals surface area contributed by atoms with E-state index < -0.39 is 0 Å². The van der Waals surface area contributed by atoms with Crippen molar-refractivity contribution in [3.63, 3.8) is 0 Å². The van der Waals surface area contributed by atoms with Gasteiger partial charge in [0.15, 0.2) is 5.16 Å². The minimum Gasteiger partial charge on any atom is -0.465 e. The first-order valence-corrected chi connectivity index (χ1v) is 6.84. The Labute approximate surface area is 114 Å². The molecule has 0 aliphatic rings. The topological polar surface area (TPSA) is 74.2 Å². The zero-order valence-corrected chi connectivity index (χ0v) is 11.8. The predicted molar refractivity (Wildman–Crippen MR) is 68.0 cm³/mol. The quantitative estimate of drug-likeness (QED) is 0.561. The number of nitrogens with zero attached hydrogens (tertiary/aromatic N) is 3. The normalized spacial score (nSPS) is 10.2. The number of hydrogen-bond acceptors (Lipinski definition) is 7. The molecule has 1 aromatic rings. The smallest absolute Gasteiger partial charge is 0.321 e. The first-order chi connectivity index (χ1) is 8.65. The van der Waals surface area contributed by atoms with E-state index in [1.807, 2.05) is 6.92 Å². The van der Waals surface area contributed by atoms with E-state index in [0.29, 0.717) is 18.4 Å². The maximum absolute atomic E-state index is 11.2. The molecule has 0 atom stereocenters. The second kappa shape index (κ2) is 8.10.